The van der Waals surface area contributed by atoms with E-state index in [0.29, 0.717) is 5.02 Å². The van der Waals surface area contributed by atoms with Crippen LogP contribution in [-0.2, 0) is 6.18 Å². The summed E-state index contributed by atoms with van der Waals surface area (Å²) in [5.41, 5.74) is -1.59. The molecule has 0 aliphatic heterocycles. The average molecular weight is 316 g/mol. The molecular formula is C14H9ClF3NO2. The quantitative estimate of drug-likeness (QED) is 0.804. The fourth-order valence-corrected chi connectivity index (χ4v) is 1.98. The minimum Gasteiger partial charge on any atom is -0.496 e. The summed E-state index contributed by atoms with van der Waals surface area (Å²) in [5.74, 6) is -0.728. The third-order valence-corrected chi connectivity index (χ3v) is 3.01. The minimum atomic E-state index is -4.65. The monoisotopic (exact) mass is 315 g/mol. The van der Waals surface area contributed by atoms with Gasteiger partial charge in [-0.25, -0.2) is 0 Å². The number of rotatable bonds is 3. The number of carbonyl (C=O) groups excluding carboxylic acids is 1. The molecule has 1 heterocycles. The molecule has 0 radical (unpaired) electrons. The summed E-state index contributed by atoms with van der Waals surface area (Å²) in [6.07, 6.45) is -2.77. The molecule has 0 N–H and O–H groups in total. The lowest BCUT2D eigenvalue weighted by Crippen LogP contribution is -2.14. The van der Waals surface area contributed by atoms with E-state index in [1.165, 1.54) is 25.3 Å². The Bertz CT molecular complexity index is 686. The largest absolute Gasteiger partial charge is 0.496 e. The Hall–Kier alpha value is -2.08. The van der Waals surface area contributed by atoms with Crippen LogP contribution in [0.15, 0.2) is 36.7 Å². The van der Waals surface area contributed by atoms with Crippen LogP contribution in [0.5, 0.6) is 5.75 Å². The van der Waals surface area contributed by atoms with Crippen molar-refractivity contribution in [3.63, 3.8) is 0 Å². The Morgan fingerprint density at radius 2 is 1.95 bits per heavy atom. The number of pyridine rings is 1. The smallest absolute Gasteiger partial charge is 0.417 e. The van der Waals surface area contributed by atoms with Crippen LogP contribution in [0, 0.1) is 0 Å². The molecule has 21 heavy (non-hydrogen) atoms. The molecule has 1 aromatic carbocycles. The molecular weight excluding hydrogens is 307 g/mol. The summed E-state index contributed by atoms with van der Waals surface area (Å²) in [6.45, 7) is 0. The molecule has 0 fully saturated rings. The first kappa shape index (κ1) is 15.3. The predicted molar refractivity (Wildman–Crippen MR) is 70.7 cm³/mol. The molecule has 0 saturated carbocycles. The molecule has 2 rings (SSSR count). The lowest BCUT2D eigenvalue weighted by Gasteiger charge is -2.13. The molecule has 0 spiro atoms. The molecule has 0 aliphatic rings. The average Bonchev–Trinajstić information content (AvgIpc) is 2.45. The van der Waals surface area contributed by atoms with Crippen LogP contribution in [0.3, 0.4) is 0 Å². The van der Waals surface area contributed by atoms with Crippen LogP contribution in [0.4, 0.5) is 13.2 Å². The number of hydrogen-bond donors (Lipinski definition) is 0. The van der Waals surface area contributed by atoms with Gasteiger partial charge in [0, 0.05) is 17.4 Å². The number of hydrogen-bond acceptors (Lipinski definition) is 3. The number of methoxy groups -OCH3 is 1. The van der Waals surface area contributed by atoms with Crippen molar-refractivity contribution in [1.82, 2.24) is 4.98 Å². The van der Waals surface area contributed by atoms with Crippen LogP contribution in [-0.4, -0.2) is 17.9 Å². The number of aromatic nitrogens is 1. The number of benzene rings is 1. The fourth-order valence-electron chi connectivity index (χ4n) is 1.82. The molecule has 2 aromatic rings. The van der Waals surface area contributed by atoms with Gasteiger partial charge < -0.3 is 4.74 Å². The second-order valence-corrected chi connectivity index (χ2v) is 4.53. The summed E-state index contributed by atoms with van der Waals surface area (Å²) >= 11 is 5.77. The van der Waals surface area contributed by atoms with E-state index in [9.17, 15) is 18.0 Å². The molecule has 3 nitrogen and oxygen atoms in total. The highest BCUT2D eigenvalue weighted by Crippen LogP contribution is 2.34. The van der Waals surface area contributed by atoms with E-state index in [-0.39, 0.29) is 11.3 Å². The number of carbonyl (C=O) groups is 1. The van der Waals surface area contributed by atoms with E-state index in [4.69, 9.17) is 16.3 Å². The van der Waals surface area contributed by atoms with Gasteiger partial charge in [0.25, 0.3) is 0 Å². The first-order valence-electron chi connectivity index (χ1n) is 5.74. The normalized spacial score (nSPS) is 11.3. The Labute approximate surface area is 123 Å². The van der Waals surface area contributed by atoms with Gasteiger partial charge in [-0.1, -0.05) is 11.6 Å². The van der Waals surface area contributed by atoms with Crippen LogP contribution < -0.4 is 4.74 Å². The van der Waals surface area contributed by atoms with Gasteiger partial charge >= 0.3 is 6.18 Å². The molecule has 0 bridgehead atoms. The summed E-state index contributed by atoms with van der Waals surface area (Å²) < 4.78 is 43.8. The topological polar surface area (TPSA) is 39.2 Å². The van der Waals surface area contributed by atoms with Crippen molar-refractivity contribution in [3.8, 4) is 5.75 Å². The highest BCUT2D eigenvalue weighted by atomic mass is 35.5. The zero-order valence-electron chi connectivity index (χ0n) is 10.7. The predicted octanol–water partition coefficient (Wildman–Crippen LogP) is 3.99. The van der Waals surface area contributed by atoms with Gasteiger partial charge in [-0.15, -0.1) is 0 Å². The van der Waals surface area contributed by atoms with Crippen molar-refractivity contribution in [3.05, 3.63) is 58.4 Å². The zero-order valence-corrected chi connectivity index (χ0v) is 11.5. The highest BCUT2D eigenvalue weighted by molar-refractivity contribution is 6.31. The number of nitrogens with zero attached hydrogens (tertiary/aromatic N) is 1. The van der Waals surface area contributed by atoms with E-state index >= 15 is 0 Å². The standard InChI is InChI=1S/C14H9ClF3NO2/c1-21-12-6-8(15)2-3-9(12)13(20)10-7-19-5-4-11(10)14(16,17)18/h2-7H,1H3. The van der Waals surface area contributed by atoms with Crippen molar-refractivity contribution in [2.24, 2.45) is 0 Å². The second-order valence-electron chi connectivity index (χ2n) is 4.09. The molecule has 7 heteroatoms. The van der Waals surface area contributed by atoms with E-state index in [1.807, 2.05) is 0 Å². The highest BCUT2D eigenvalue weighted by Gasteiger charge is 2.35. The van der Waals surface area contributed by atoms with Gasteiger partial charge in [-0.05, 0) is 24.3 Å². The Morgan fingerprint density at radius 1 is 1.24 bits per heavy atom. The Morgan fingerprint density at radius 3 is 2.57 bits per heavy atom. The molecule has 110 valence electrons. The number of halogens is 4. The maximum Gasteiger partial charge on any atom is 0.417 e. The number of ether oxygens (including phenoxy) is 1. The third kappa shape index (κ3) is 3.16. The molecule has 0 aliphatic carbocycles. The maximum atomic E-state index is 12.9. The zero-order chi connectivity index (χ0) is 15.6. The van der Waals surface area contributed by atoms with Gasteiger partial charge in [0.1, 0.15) is 5.75 Å². The van der Waals surface area contributed by atoms with Crippen molar-refractivity contribution in [1.29, 1.82) is 0 Å². The first-order chi connectivity index (χ1) is 9.84. The number of alkyl halides is 3. The third-order valence-electron chi connectivity index (χ3n) is 2.78. The SMILES string of the molecule is COc1cc(Cl)ccc1C(=O)c1cnccc1C(F)(F)F. The van der Waals surface area contributed by atoms with E-state index in [0.717, 1.165) is 18.5 Å². The second kappa shape index (κ2) is 5.73. The first-order valence-corrected chi connectivity index (χ1v) is 6.12. The summed E-state index contributed by atoms with van der Waals surface area (Å²) in [6, 6.07) is 4.84. The van der Waals surface area contributed by atoms with Gasteiger partial charge in [0.15, 0.2) is 5.78 Å². The molecule has 0 saturated heterocycles. The van der Waals surface area contributed by atoms with Crippen LogP contribution in [0.25, 0.3) is 0 Å². The minimum absolute atomic E-state index is 0.0135. The summed E-state index contributed by atoms with van der Waals surface area (Å²) in [7, 11) is 1.30. The van der Waals surface area contributed by atoms with Crippen molar-refractivity contribution in [2.75, 3.05) is 7.11 Å². The van der Waals surface area contributed by atoms with E-state index < -0.39 is 23.1 Å². The molecule has 0 atom stereocenters. The van der Waals surface area contributed by atoms with Gasteiger partial charge in [-0.3, -0.25) is 9.78 Å². The summed E-state index contributed by atoms with van der Waals surface area (Å²) in [5, 5.41) is 0.311. The molecule has 0 unspecified atom stereocenters. The van der Waals surface area contributed by atoms with Crippen molar-refractivity contribution < 1.29 is 22.7 Å². The number of ketones is 1. The van der Waals surface area contributed by atoms with E-state index in [2.05, 4.69) is 4.98 Å². The fraction of sp³-hybridized carbons (Fsp3) is 0.143. The molecule has 1 aromatic heterocycles. The van der Waals surface area contributed by atoms with Crippen molar-refractivity contribution >= 4 is 17.4 Å². The maximum absolute atomic E-state index is 12.9. The van der Waals surface area contributed by atoms with Gasteiger partial charge in [0.2, 0.25) is 0 Å². The van der Waals surface area contributed by atoms with Crippen LogP contribution in [0.2, 0.25) is 5.02 Å². The van der Waals surface area contributed by atoms with Crippen molar-refractivity contribution in [2.45, 2.75) is 6.18 Å². The van der Waals surface area contributed by atoms with Crippen LogP contribution >= 0.6 is 11.6 Å². The Kier molecular flexibility index (Phi) is 4.18. The van der Waals surface area contributed by atoms with Gasteiger partial charge in [0.05, 0.1) is 23.8 Å². The Balaban J connectivity index is 2.56. The summed E-state index contributed by atoms with van der Waals surface area (Å²) in [4.78, 5) is 15.9. The lowest BCUT2D eigenvalue weighted by atomic mass is 9.99. The van der Waals surface area contributed by atoms with E-state index in [1.54, 1.807) is 0 Å². The lowest BCUT2D eigenvalue weighted by molar-refractivity contribution is -0.137. The molecule has 0 amide bonds. The van der Waals surface area contributed by atoms with Gasteiger partial charge in [-0.2, -0.15) is 13.2 Å². The van der Waals surface area contributed by atoms with Crippen LogP contribution in [0.1, 0.15) is 21.5 Å².